The number of hydrogen-bond acceptors (Lipinski definition) is 8. The SMILES string of the molecule is COc1cc(C(=O)N2CCC3(CC2)CN(Cc2nccs2)CCO3)on1. The lowest BCUT2D eigenvalue weighted by Crippen LogP contribution is -2.57. The number of methoxy groups -OCH3 is 1. The molecule has 2 aromatic heterocycles. The van der Waals surface area contributed by atoms with Gasteiger partial charge < -0.3 is 18.9 Å². The van der Waals surface area contributed by atoms with Crippen molar-refractivity contribution in [2.45, 2.75) is 25.0 Å². The third kappa shape index (κ3) is 3.60. The van der Waals surface area contributed by atoms with Crippen LogP contribution in [0.2, 0.25) is 0 Å². The number of hydrogen-bond donors (Lipinski definition) is 0. The van der Waals surface area contributed by atoms with E-state index in [0.29, 0.717) is 19.0 Å². The van der Waals surface area contributed by atoms with Crippen LogP contribution in [0.5, 0.6) is 5.88 Å². The van der Waals surface area contributed by atoms with Crippen molar-refractivity contribution in [2.75, 3.05) is 39.9 Å². The largest absolute Gasteiger partial charge is 0.479 e. The Morgan fingerprint density at radius 3 is 2.92 bits per heavy atom. The summed E-state index contributed by atoms with van der Waals surface area (Å²) in [5, 5.41) is 6.84. The molecule has 0 saturated carbocycles. The number of rotatable bonds is 4. The number of likely N-dealkylation sites (tertiary alicyclic amines) is 1. The van der Waals surface area contributed by atoms with Gasteiger partial charge in [0, 0.05) is 37.8 Å². The summed E-state index contributed by atoms with van der Waals surface area (Å²) < 4.78 is 16.2. The molecule has 8 nitrogen and oxygen atoms in total. The van der Waals surface area contributed by atoms with Crippen molar-refractivity contribution in [1.82, 2.24) is 19.9 Å². The number of amides is 1. The summed E-state index contributed by atoms with van der Waals surface area (Å²) in [6.45, 7) is 4.67. The molecule has 0 bridgehead atoms. The molecule has 2 aliphatic rings. The molecule has 4 heterocycles. The number of carbonyl (C=O) groups excluding carboxylic acids is 1. The third-order valence-corrected chi connectivity index (χ3v) is 5.80. The summed E-state index contributed by atoms with van der Waals surface area (Å²) in [7, 11) is 1.49. The van der Waals surface area contributed by atoms with Gasteiger partial charge in [-0.15, -0.1) is 11.3 Å². The Balaban J connectivity index is 1.35. The maximum atomic E-state index is 12.6. The second kappa shape index (κ2) is 7.34. The van der Waals surface area contributed by atoms with Crippen LogP contribution in [0.15, 0.2) is 22.2 Å². The van der Waals surface area contributed by atoms with Crippen molar-refractivity contribution in [3.63, 3.8) is 0 Å². The smallest absolute Gasteiger partial charge is 0.292 e. The summed E-state index contributed by atoms with van der Waals surface area (Å²) in [5.74, 6) is 0.383. The highest BCUT2D eigenvalue weighted by Gasteiger charge is 2.41. The Kier molecular flexibility index (Phi) is 4.92. The number of ether oxygens (including phenoxy) is 2. The minimum atomic E-state index is -0.175. The number of piperidine rings is 1. The van der Waals surface area contributed by atoms with Gasteiger partial charge >= 0.3 is 0 Å². The van der Waals surface area contributed by atoms with Crippen molar-refractivity contribution in [3.05, 3.63) is 28.4 Å². The molecule has 2 fully saturated rings. The van der Waals surface area contributed by atoms with Gasteiger partial charge in [-0.25, -0.2) is 4.98 Å². The Morgan fingerprint density at radius 1 is 1.38 bits per heavy atom. The fourth-order valence-electron chi connectivity index (χ4n) is 3.61. The van der Waals surface area contributed by atoms with Gasteiger partial charge in [-0.1, -0.05) is 0 Å². The number of aromatic nitrogens is 2. The quantitative estimate of drug-likeness (QED) is 0.800. The molecule has 4 rings (SSSR count). The molecule has 0 unspecified atom stereocenters. The number of morpholine rings is 1. The first-order chi connectivity index (χ1) is 12.7. The monoisotopic (exact) mass is 378 g/mol. The molecule has 0 radical (unpaired) electrons. The van der Waals surface area contributed by atoms with Crippen molar-refractivity contribution in [2.24, 2.45) is 0 Å². The van der Waals surface area contributed by atoms with Gasteiger partial charge in [-0.2, -0.15) is 0 Å². The molecule has 140 valence electrons. The Labute approximate surface area is 155 Å². The maximum absolute atomic E-state index is 12.6. The zero-order valence-corrected chi connectivity index (χ0v) is 15.5. The minimum absolute atomic E-state index is 0.147. The molecule has 1 amide bonds. The van der Waals surface area contributed by atoms with E-state index in [1.165, 1.54) is 13.2 Å². The van der Waals surface area contributed by atoms with Crippen LogP contribution < -0.4 is 4.74 Å². The van der Waals surface area contributed by atoms with Crippen LogP contribution in [-0.4, -0.2) is 71.3 Å². The molecular formula is C17H22N4O4S. The fraction of sp³-hybridized carbons (Fsp3) is 0.588. The van der Waals surface area contributed by atoms with E-state index >= 15 is 0 Å². The van der Waals surface area contributed by atoms with Crippen molar-refractivity contribution in [1.29, 1.82) is 0 Å². The summed E-state index contributed by atoms with van der Waals surface area (Å²) in [5.41, 5.74) is -0.175. The Morgan fingerprint density at radius 2 is 2.23 bits per heavy atom. The predicted octanol–water partition coefficient (Wildman–Crippen LogP) is 1.65. The average Bonchev–Trinajstić information content (AvgIpc) is 3.33. The van der Waals surface area contributed by atoms with E-state index in [-0.39, 0.29) is 17.3 Å². The highest BCUT2D eigenvalue weighted by molar-refractivity contribution is 7.09. The molecule has 0 atom stereocenters. The highest BCUT2D eigenvalue weighted by Crippen LogP contribution is 2.31. The summed E-state index contributed by atoms with van der Waals surface area (Å²) in [4.78, 5) is 21.1. The lowest BCUT2D eigenvalue weighted by molar-refractivity contribution is -0.134. The fourth-order valence-corrected chi connectivity index (χ4v) is 4.27. The van der Waals surface area contributed by atoms with E-state index in [1.807, 2.05) is 11.6 Å². The predicted molar refractivity (Wildman–Crippen MR) is 94.3 cm³/mol. The molecule has 0 aromatic carbocycles. The van der Waals surface area contributed by atoms with Gasteiger partial charge in [-0.3, -0.25) is 9.69 Å². The number of carbonyl (C=O) groups is 1. The zero-order chi connectivity index (χ0) is 18.0. The molecule has 2 aliphatic heterocycles. The molecule has 26 heavy (non-hydrogen) atoms. The van der Waals surface area contributed by atoms with Gasteiger partial charge in [0.2, 0.25) is 5.76 Å². The third-order valence-electron chi connectivity index (χ3n) is 5.04. The lowest BCUT2D eigenvalue weighted by atomic mass is 9.89. The average molecular weight is 378 g/mol. The van der Waals surface area contributed by atoms with Gasteiger partial charge in [-0.05, 0) is 18.0 Å². The van der Waals surface area contributed by atoms with Crippen LogP contribution in [-0.2, 0) is 11.3 Å². The zero-order valence-electron chi connectivity index (χ0n) is 14.7. The molecule has 9 heteroatoms. The minimum Gasteiger partial charge on any atom is -0.479 e. The lowest BCUT2D eigenvalue weighted by Gasteiger charge is -2.47. The van der Waals surface area contributed by atoms with Gasteiger partial charge in [0.1, 0.15) is 5.01 Å². The first kappa shape index (κ1) is 17.4. The second-order valence-electron chi connectivity index (χ2n) is 6.69. The first-order valence-electron chi connectivity index (χ1n) is 8.72. The van der Waals surface area contributed by atoms with Crippen molar-refractivity contribution < 1.29 is 18.8 Å². The summed E-state index contributed by atoms with van der Waals surface area (Å²) in [6, 6.07) is 1.53. The van der Waals surface area contributed by atoms with Crippen LogP contribution in [0.3, 0.4) is 0 Å². The number of thiazole rings is 1. The van der Waals surface area contributed by atoms with Crippen LogP contribution >= 0.6 is 11.3 Å². The second-order valence-corrected chi connectivity index (χ2v) is 7.67. The number of nitrogens with zero attached hydrogens (tertiary/aromatic N) is 4. The molecule has 0 aliphatic carbocycles. The summed E-state index contributed by atoms with van der Waals surface area (Å²) in [6.07, 6.45) is 3.48. The molecule has 2 saturated heterocycles. The molecule has 2 aromatic rings. The molecule has 0 N–H and O–H groups in total. The van der Waals surface area contributed by atoms with Gasteiger partial charge in [0.25, 0.3) is 11.8 Å². The Hall–Kier alpha value is -1.97. The van der Waals surface area contributed by atoms with Crippen molar-refractivity contribution in [3.8, 4) is 5.88 Å². The maximum Gasteiger partial charge on any atom is 0.292 e. The molecule has 1 spiro atoms. The topological polar surface area (TPSA) is 80.9 Å². The Bertz CT molecular complexity index is 740. The normalized spacial score (nSPS) is 20.4. The van der Waals surface area contributed by atoms with Gasteiger partial charge in [0.15, 0.2) is 0 Å². The van der Waals surface area contributed by atoms with E-state index in [0.717, 1.165) is 44.1 Å². The van der Waals surface area contributed by atoms with Crippen LogP contribution in [0.1, 0.15) is 28.4 Å². The van der Waals surface area contributed by atoms with E-state index < -0.39 is 0 Å². The van der Waals surface area contributed by atoms with Crippen LogP contribution in [0, 0.1) is 0 Å². The molecular weight excluding hydrogens is 356 g/mol. The van der Waals surface area contributed by atoms with Gasteiger partial charge in [0.05, 0.1) is 31.9 Å². The van der Waals surface area contributed by atoms with E-state index in [9.17, 15) is 4.79 Å². The van der Waals surface area contributed by atoms with Crippen LogP contribution in [0.4, 0.5) is 0 Å². The standard InChI is InChI=1S/C17H22N4O4S/c1-23-14-10-13(25-19-14)16(22)21-5-2-17(3-6-21)12-20(7-8-24-17)11-15-18-4-9-26-15/h4,9-10H,2-3,5-8,11-12H2,1H3. The van der Waals surface area contributed by atoms with E-state index in [1.54, 1.807) is 16.2 Å². The van der Waals surface area contributed by atoms with Crippen molar-refractivity contribution >= 4 is 17.2 Å². The highest BCUT2D eigenvalue weighted by atomic mass is 32.1. The first-order valence-corrected chi connectivity index (χ1v) is 9.60. The summed E-state index contributed by atoms with van der Waals surface area (Å²) >= 11 is 1.68. The van der Waals surface area contributed by atoms with E-state index in [4.69, 9.17) is 14.0 Å². The van der Waals surface area contributed by atoms with Crippen LogP contribution in [0.25, 0.3) is 0 Å². The van der Waals surface area contributed by atoms with E-state index in [2.05, 4.69) is 15.0 Å².